The number of hydrogen-bond acceptors (Lipinski definition) is 6. The van der Waals surface area contributed by atoms with Crippen LogP contribution in [0.1, 0.15) is 17.6 Å². The van der Waals surface area contributed by atoms with Crippen LogP contribution in [0, 0.1) is 11.3 Å². The van der Waals surface area contributed by atoms with Crippen LogP contribution in [0.4, 0.5) is 0 Å². The molecule has 8 nitrogen and oxygen atoms in total. The lowest BCUT2D eigenvalue weighted by Crippen LogP contribution is -2.25. The fourth-order valence-electron chi connectivity index (χ4n) is 2.03. The highest BCUT2D eigenvalue weighted by atomic mass is 79.9. The molecule has 9 heteroatoms. The van der Waals surface area contributed by atoms with Gasteiger partial charge in [-0.1, -0.05) is 15.9 Å². The maximum atomic E-state index is 11.5. The molecule has 0 aliphatic rings. The van der Waals surface area contributed by atoms with Gasteiger partial charge in [0.2, 0.25) is 17.7 Å². The van der Waals surface area contributed by atoms with E-state index in [1.807, 2.05) is 24.3 Å². The van der Waals surface area contributed by atoms with Crippen molar-refractivity contribution < 1.29 is 9.21 Å². The SMILES string of the molecule is N#CCNC(=O)Cc1nnc(Cc2nc3cc(Br)ccc3[nH]2)o1. The molecule has 0 saturated carbocycles. The predicted molar refractivity (Wildman–Crippen MR) is 83.2 cm³/mol. The molecule has 0 saturated heterocycles. The lowest BCUT2D eigenvalue weighted by molar-refractivity contribution is -0.120. The van der Waals surface area contributed by atoms with Crippen LogP contribution >= 0.6 is 15.9 Å². The number of halogens is 1. The summed E-state index contributed by atoms with van der Waals surface area (Å²) in [6.45, 7) is -0.0473. The molecule has 0 aliphatic heterocycles. The third kappa shape index (κ3) is 3.73. The number of benzene rings is 1. The fourth-order valence-corrected chi connectivity index (χ4v) is 2.38. The molecule has 2 heterocycles. The Balaban J connectivity index is 1.68. The van der Waals surface area contributed by atoms with Gasteiger partial charge in [0.05, 0.1) is 23.5 Å². The third-order valence-corrected chi connectivity index (χ3v) is 3.49. The molecule has 3 aromatic rings. The molecule has 0 aliphatic carbocycles. The lowest BCUT2D eigenvalue weighted by atomic mass is 10.3. The summed E-state index contributed by atoms with van der Waals surface area (Å²) in [6.07, 6.45) is 0.293. The van der Waals surface area contributed by atoms with E-state index in [2.05, 4.69) is 41.4 Å². The number of aromatic nitrogens is 4. The molecule has 1 amide bonds. The Hall–Kier alpha value is -2.73. The third-order valence-electron chi connectivity index (χ3n) is 3.00. The van der Waals surface area contributed by atoms with Crippen molar-refractivity contribution in [2.75, 3.05) is 6.54 Å². The Labute approximate surface area is 139 Å². The largest absolute Gasteiger partial charge is 0.424 e. The fraction of sp³-hybridized carbons (Fsp3) is 0.214. The highest BCUT2D eigenvalue weighted by molar-refractivity contribution is 9.10. The summed E-state index contributed by atoms with van der Waals surface area (Å²) in [5, 5.41) is 18.5. The van der Waals surface area contributed by atoms with Gasteiger partial charge < -0.3 is 14.7 Å². The first-order valence-electron chi connectivity index (χ1n) is 6.73. The standard InChI is InChI=1S/C14H11BrN6O2/c15-8-1-2-9-10(5-8)19-11(18-9)6-13-20-21-14(23-13)7-12(22)17-4-3-16/h1-2,5H,4,6-7H2,(H,17,22)(H,18,19). The van der Waals surface area contributed by atoms with Crippen LogP contribution in [0.15, 0.2) is 27.1 Å². The average molecular weight is 375 g/mol. The molecule has 1 aromatic carbocycles. The normalized spacial score (nSPS) is 10.6. The van der Waals surface area contributed by atoms with Crippen LogP contribution in [0.5, 0.6) is 0 Å². The molecule has 2 aromatic heterocycles. The number of carbonyl (C=O) groups is 1. The number of nitrogens with one attached hydrogen (secondary N) is 2. The molecule has 0 atom stereocenters. The molecule has 116 valence electrons. The van der Waals surface area contributed by atoms with Crippen LogP contribution in [0.2, 0.25) is 0 Å². The highest BCUT2D eigenvalue weighted by Crippen LogP contribution is 2.18. The number of H-pyrrole nitrogens is 1. The molecule has 0 unspecified atom stereocenters. The lowest BCUT2D eigenvalue weighted by Gasteiger charge is -1.95. The Morgan fingerprint density at radius 1 is 1.39 bits per heavy atom. The van der Waals surface area contributed by atoms with Crippen molar-refractivity contribution >= 4 is 32.9 Å². The zero-order valence-electron chi connectivity index (χ0n) is 11.8. The average Bonchev–Trinajstić information content (AvgIpc) is 3.11. The molecule has 0 spiro atoms. The van der Waals surface area contributed by atoms with Crippen molar-refractivity contribution in [1.82, 2.24) is 25.5 Å². The second kappa shape index (κ2) is 6.58. The zero-order chi connectivity index (χ0) is 16.2. The number of fused-ring (bicyclic) bond motifs is 1. The first-order chi connectivity index (χ1) is 11.1. The second-order valence-electron chi connectivity index (χ2n) is 4.72. The van der Waals surface area contributed by atoms with Gasteiger partial charge in [-0.2, -0.15) is 5.26 Å². The van der Waals surface area contributed by atoms with E-state index in [-0.39, 0.29) is 24.8 Å². The minimum absolute atomic E-state index is 0.0473. The summed E-state index contributed by atoms with van der Waals surface area (Å²) < 4.78 is 6.37. The smallest absolute Gasteiger partial charge is 0.230 e. The second-order valence-corrected chi connectivity index (χ2v) is 5.64. The van der Waals surface area contributed by atoms with Crippen LogP contribution in [0.3, 0.4) is 0 Å². The van der Waals surface area contributed by atoms with E-state index in [0.717, 1.165) is 15.5 Å². The van der Waals surface area contributed by atoms with E-state index >= 15 is 0 Å². The molecule has 3 rings (SSSR count). The van der Waals surface area contributed by atoms with Gasteiger partial charge >= 0.3 is 0 Å². The number of imidazole rings is 1. The van der Waals surface area contributed by atoms with Crippen molar-refractivity contribution in [3.8, 4) is 6.07 Å². The molecule has 23 heavy (non-hydrogen) atoms. The van der Waals surface area contributed by atoms with E-state index in [0.29, 0.717) is 18.1 Å². The quantitative estimate of drug-likeness (QED) is 0.652. The molecule has 0 fully saturated rings. The van der Waals surface area contributed by atoms with Crippen molar-refractivity contribution in [2.24, 2.45) is 0 Å². The predicted octanol–water partition coefficient (Wildman–Crippen LogP) is 1.48. The van der Waals surface area contributed by atoms with Crippen molar-refractivity contribution in [3.05, 3.63) is 40.3 Å². The Morgan fingerprint density at radius 3 is 3.04 bits per heavy atom. The highest BCUT2D eigenvalue weighted by Gasteiger charge is 2.13. The molecule has 0 radical (unpaired) electrons. The maximum Gasteiger partial charge on any atom is 0.230 e. The van der Waals surface area contributed by atoms with E-state index in [9.17, 15) is 4.79 Å². The summed E-state index contributed by atoms with van der Waals surface area (Å²) in [7, 11) is 0. The summed E-state index contributed by atoms with van der Waals surface area (Å²) in [5.41, 5.74) is 1.75. The summed E-state index contributed by atoms with van der Waals surface area (Å²) in [4.78, 5) is 19.1. The first kappa shape index (κ1) is 15.2. The summed E-state index contributed by atoms with van der Waals surface area (Å²) in [5.74, 6) is 0.929. The van der Waals surface area contributed by atoms with E-state index in [1.54, 1.807) is 0 Å². The van der Waals surface area contributed by atoms with Crippen molar-refractivity contribution in [2.45, 2.75) is 12.8 Å². The van der Waals surface area contributed by atoms with Gasteiger partial charge in [-0.05, 0) is 18.2 Å². The zero-order valence-corrected chi connectivity index (χ0v) is 13.4. The number of nitriles is 1. The van der Waals surface area contributed by atoms with Crippen LogP contribution < -0.4 is 5.32 Å². The van der Waals surface area contributed by atoms with Crippen molar-refractivity contribution in [1.29, 1.82) is 5.26 Å². The van der Waals surface area contributed by atoms with Gasteiger partial charge in [-0.25, -0.2) is 4.98 Å². The number of amides is 1. The minimum atomic E-state index is -0.338. The molecular formula is C14H11BrN6O2. The topological polar surface area (TPSA) is 120 Å². The number of aromatic amines is 1. The van der Waals surface area contributed by atoms with E-state index in [4.69, 9.17) is 9.68 Å². The Bertz CT molecular complexity index is 894. The molecule has 2 N–H and O–H groups in total. The van der Waals surface area contributed by atoms with Gasteiger partial charge in [0.15, 0.2) is 0 Å². The van der Waals surface area contributed by atoms with E-state index < -0.39 is 0 Å². The van der Waals surface area contributed by atoms with Gasteiger partial charge in [-0.15, -0.1) is 10.2 Å². The van der Waals surface area contributed by atoms with Gasteiger partial charge in [-0.3, -0.25) is 4.79 Å². The minimum Gasteiger partial charge on any atom is -0.424 e. The summed E-state index contributed by atoms with van der Waals surface area (Å²) >= 11 is 3.40. The monoisotopic (exact) mass is 374 g/mol. The van der Waals surface area contributed by atoms with Gasteiger partial charge in [0.1, 0.15) is 18.8 Å². The van der Waals surface area contributed by atoms with Gasteiger partial charge in [0, 0.05) is 4.47 Å². The first-order valence-corrected chi connectivity index (χ1v) is 7.52. The Kier molecular flexibility index (Phi) is 4.34. The van der Waals surface area contributed by atoms with Gasteiger partial charge in [0.25, 0.3) is 0 Å². The van der Waals surface area contributed by atoms with Crippen LogP contribution in [-0.2, 0) is 17.6 Å². The maximum absolute atomic E-state index is 11.5. The number of rotatable bonds is 5. The number of carbonyl (C=O) groups excluding carboxylic acids is 1. The number of nitrogens with zero attached hydrogens (tertiary/aromatic N) is 4. The molecular weight excluding hydrogens is 364 g/mol. The van der Waals surface area contributed by atoms with E-state index in [1.165, 1.54) is 0 Å². The van der Waals surface area contributed by atoms with Crippen LogP contribution in [-0.4, -0.2) is 32.6 Å². The number of hydrogen-bond donors (Lipinski definition) is 2. The summed E-state index contributed by atoms with van der Waals surface area (Å²) in [6, 6.07) is 7.59. The molecule has 0 bridgehead atoms. The van der Waals surface area contributed by atoms with Crippen LogP contribution in [0.25, 0.3) is 11.0 Å². The van der Waals surface area contributed by atoms with Crippen molar-refractivity contribution in [3.63, 3.8) is 0 Å². The Morgan fingerprint density at radius 2 is 2.22 bits per heavy atom.